The molecule has 0 aromatic heterocycles. The summed E-state index contributed by atoms with van der Waals surface area (Å²) in [6.45, 7) is 0. The molecule has 18 heavy (non-hydrogen) atoms. The maximum atomic E-state index is 11.0. The first-order chi connectivity index (χ1) is 8.61. The second kappa shape index (κ2) is 5.46. The summed E-state index contributed by atoms with van der Waals surface area (Å²) in [6, 6.07) is 12.7. The third kappa shape index (κ3) is 2.68. The number of thioether (sulfide) groups is 1. The second-order valence-electron chi connectivity index (χ2n) is 3.73. The maximum absolute atomic E-state index is 11.0. The summed E-state index contributed by atoms with van der Waals surface area (Å²) >= 11 is 7.59. The molecule has 0 heterocycles. The number of halogens is 1. The van der Waals surface area contributed by atoms with Gasteiger partial charge in [0.15, 0.2) is 0 Å². The van der Waals surface area contributed by atoms with Crippen LogP contribution in [-0.2, 0) is 0 Å². The van der Waals surface area contributed by atoms with Gasteiger partial charge in [-0.3, -0.25) is 0 Å². The molecule has 0 radical (unpaired) electrons. The van der Waals surface area contributed by atoms with Crippen molar-refractivity contribution >= 4 is 29.3 Å². The predicted octanol–water partition coefficient (Wildman–Crippen LogP) is 4.43. The molecule has 2 nitrogen and oxygen atoms in total. The van der Waals surface area contributed by atoms with E-state index in [4.69, 9.17) is 16.7 Å². The highest BCUT2D eigenvalue weighted by Crippen LogP contribution is 2.32. The molecule has 2 rings (SSSR count). The Labute approximate surface area is 115 Å². The van der Waals surface area contributed by atoms with Crippen LogP contribution in [0.5, 0.6) is 0 Å². The molecule has 0 spiro atoms. The Morgan fingerprint density at radius 3 is 2.61 bits per heavy atom. The zero-order valence-electron chi connectivity index (χ0n) is 9.68. The Hall–Kier alpha value is -1.45. The Balaban J connectivity index is 2.60. The smallest absolute Gasteiger partial charge is 0.335 e. The standard InChI is InChI=1S/C14H11ClO2S/c1-18-13-5-3-2-4-12(13)9-6-10(14(16)17)8-11(15)7-9/h2-8H,1H3,(H,16,17). The SMILES string of the molecule is CSc1ccccc1-c1cc(Cl)cc(C(=O)O)c1. The molecular weight excluding hydrogens is 268 g/mol. The average molecular weight is 279 g/mol. The molecular formula is C14H11ClO2S. The monoisotopic (exact) mass is 278 g/mol. The van der Waals surface area contributed by atoms with Gasteiger partial charge < -0.3 is 5.11 Å². The number of rotatable bonds is 3. The minimum absolute atomic E-state index is 0.202. The zero-order chi connectivity index (χ0) is 13.1. The van der Waals surface area contributed by atoms with Gasteiger partial charge in [0.05, 0.1) is 5.56 Å². The van der Waals surface area contributed by atoms with Gasteiger partial charge in [0.2, 0.25) is 0 Å². The number of hydrogen-bond donors (Lipinski definition) is 1. The van der Waals surface area contributed by atoms with Gasteiger partial charge in [0.25, 0.3) is 0 Å². The fourth-order valence-corrected chi connectivity index (χ4v) is 2.61. The van der Waals surface area contributed by atoms with Crippen molar-refractivity contribution in [2.75, 3.05) is 6.26 Å². The summed E-state index contributed by atoms with van der Waals surface area (Å²) in [7, 11) is 0. The van der Waals surface area contributed by atoms with Gasteiger partial charge in [-0.05, 0) is 41.6 Å². The van der Waals surface area contributed by atoms with Crippen LogP contribution in [0.2, 0.25) is 5.02 Å². The molecule has 4 heteroatoms. The first kappa shape index (κ1) is 13.0. The third-order valence-corrected chi connectivity index (χ3v) is 3.58. The van der Waals surface area contributed by atoms with E-state index >= 15 is 0 Å². The number of benzene rings is 2. The van der Waals surface area contributed by atoms with Crippen LogP contribution in [0.1, 0.15) is 10.4 Å². The molecule has 0 unspecified atom stereocenters. The minimum atomic E-state index is -0.972. The molecule has 0 bridgehead atoms. The molecule has 0 saturated carbocycles. The molecule has 0 aliphatic rings. The number of carboxylic acids is 1. The van der Waals surface area contributed by atoms with Crippen molar-refractivity contribution < 1.29 is 9.90 Å². The molecule has 92 valence electrons. The van der Waals surface area contributed by atoms with Crippen molar-refractivity contribution in [3.05, 3.63) is 53.1 Å². The highest BCUT2D eigenvalue weighted by atomic mass is 35.5. The fourth-order valence-electron chi connectivity index (χ4n) is 1.75. The quantitative estimate of drug-likeness (QED) is 0.844. The highest BCUT2D eigenvalue weighted by Gasteiger charge is 2.09. The first-order valence-corrected chi connectivity index (χ1v) is 6.89. The summed E-state index contributed by atoms with van der Waals surface area (Å²) in [5.74, 6) is -0.972. The lowest BCUT2D eigenvalue weighted by molar-refractivity contribution is 0.0697. The number of hydrogen-bond acceptors (Lipinski definition) is 2. The van der Waals surface area contributed by atoms with Gasteiger partial charge in [-0.2, -0.15) is 0 Å². The third-order valence-electron chi connectivity index (χ3n) is 2.56. The molecule has 1 N–H and O–H groups in total. The molecule has 0 atom stereocenters. The molecule has 2 aromatic rings. The summed E-state index contributed by atoms with van der Waals surface area (Å²) in [6.07, 6.45) is 1.99. The summed E-state index contributed by atoms with van der Waals surface area (Å²) < 4.78 is 0. The molecule has 0 amide bonds. The van der Waals surface area contributed by atoms with Crippen molar-refractivity contribution in [1.29, 1.82) is 0 Å². The van der Waals surface area contributed by atoms with E-state index < -0.39 is 5.97 Å². The summed E-state index contributed by atoms with van der Waals surface area (Å²) in [4.78, 5) is 12.1. The Morgan fingerprint density at radius 2 is 1.94 bits per heavy atom. The number of aromatic carboxylic acids is 1. The van der Waals surface area contributed by atoms with Crippen molar-refractivity contribution in [3.63, 3.8) is 0 Å². The lowest BCUT2D eigenvalue weighted by Crippen LogP contribution is -1.96. The van der Waals surface area contributed by atoms with Crippen LogP contribution in [0, 0.1) is 0 Å². The van der Waals surface area contributed by atoms with Crippen LogP contribution in [0.4, 0.5) is 0 Å². The van der Waals surface area contributed by atoms with Crippen molar-refractivity contribution in [3.8, 4) is 11.1 Å². The summed E-state index contributed by atoms with van der Waals surface area (Å²) in [5.41, 5.74) is 2.02. The van der Waals surface area contributed by atoms with E-state index in [-0.39, 0.29) is 5.56 Å². The highest BCUT2D eigenvalue weighted by molar-refractivity contribution is 7.98. The number of carbonyl (C=O) groups is 1. The van der Waals surface area contributed by atoms with Gasteiger partial charge in [-0.25, -0.2) is 4.79 Å². The predicted molar refractivity (Wildman–Crippen MR) is 75.6 cm³/mol. The second-order valence-corrected chi connectivity index (χ2v) is 5.02. The van der Waals surface area contributed by atoms with Crippen LogP contribution < -0.4 is 0 Å². The van der Waals surface area contributed by atoms with Crippen LogP contribution >= 0.6 is 23.4 Å². The molecule has 2 aromatic carbocycles. The van der Waals surface area contributed by atoms with Crippen molar-refractivity contribution in [1.82, 2.24) is 0 Å². The molecule has 0 saturated heterocycles. The van der Waals surface area contributed by atoms with Crippen molar-refractivity contribution in [2.45, 2.75) is 4.90 Å². The van der Waals surface area contributed by atoms with E-state index in [0.717, 1.165) is 16.0 Å². The number of carboxylic acid groups (broad SMARTS) is 1. The average Bonchev–Trinajstić information content (AvgIpc) is 2.38. The maximum Gasteiger partial charge on any atom is 0.335 e. The van der Waals surface area contributed by atoms with Crippen LogP contribution in [-0.4, -0.2) is 17.3 Å². The van der Waals surface area contributed by atoms with E-state index in [1.807, 2.05) is 30.5 Å². The van der Waals surface area contributed by atoms with Gasteiger partial charge in [-0.15, -0.1) is 11.8 Å². The van der Waals surface area contributed by atoms with Crippen LogP contribution in [0.3, 0.4) is 0 Å². The first-order valence-electron chi connectivity index (χ1n) is 5.29. The van der Waals surface area contributed by atoms with E-state index in [9.17, 15) is 4.79 Å². The zero-order valence-corrected chi connectivity index (χ0v) is 11.3. The molecule has 0 aliphatic carbocycles. The summed E-state index contributed by atoms with van der Waals surface area (Å²) in [5, 5.41) is 9.47. The lowest BCUT2D eigenvalue weighted by Gasteiger charge is -2.08. The van der Waals surface area contributed by atoms with E-state index in [1.54, 1.807) is 23.9 Å². The van der Waals surface area contributed by atoms with Gasteiger partial charge >= 0.3 is 5.97 Å². The Bertz CT molecular complexity index is 596. The molecule has 0 fully saturated rings. The van der Waals surface area contributed by atoms with E-state index in [2.05, 4.69) is 0 Å². The van der Waals surface area contributed by atoms with Crippen LogP contribution in [0.25, 0.3) is 11.1 Å². The molecule has 0 aliphatic heterocycles. The van der Waals surface area contributed by atoms with Crippen molar-refractivity contribution in [2.24, 2.45) is 0 Å². The Morgan fingerprint density at radius 1 is 1.22 bits per heavy atom. The topological polar surface area (TPSA) is 37.3 Å². The van der Waals surface area contributed by atoms with Crippen LogP contribution in [0.15, 0.2) is 47.4 Å². The minimum Gasteiger partial charge on any atom is -0.478 e. The van der Waals surface area contributed by atoms with Gasteiger partial charge in [0, 0.05) is 9.92 Å². The largest absolute Gasteiger partial charge is 0.478 e. The Kier molecular flexibility index (Phi) is 3.94. The van der Waals surface area contributed by atoms with Gasteiger partial charge in [0.1, 0.15) is 0 Å². The van der Waals surface area contributed by atoms with E-state index in [0.29, 0.717) is 5.02 Å². The lowest BCUT2D eigenvalue weighted by atomic mass is 10.0. The van der Waals surface area contributed by atoms with E-state index in [1.165, 1.54) is 6.07 Å². The normalized spacial score (nSPS) is 10.3. The van der Waals surface area contributed by atoms with Gasteiger partial charge in [-0.1, -0.05) is 29.8 Å². The fraction of sp³-hybridized carbons (Fsp3) is 0.0714.